The molecule has 0 spiro atoms. The SMILES string of the molecule is CC(C)c1nc(CN(C)C(=O)N[C@@H](CNC(Cc2ccccc2)CC(O)C(Cc2ccccc2)NC(=O)OCc2cncs2)C(C)C)cs1. The lowest BCUT2D eigenvalue weighted by atomic mass is 9.93. The van der Waals surface area contributed by atoms with E-state index in [-0.39, 0.29) is 30.6 Å². The Morgan fingerprint density at radius 3 is 2.18 bits per heavy atom. The van der Waals surface area contributed by atoms with Crippen molar-refractivity contribution in [1.82, 2.24) is 30.8 Å². The molecular formula is C37H50N6O4S2. The monoisotopic (exact) mass is 706 g/mol. The molecule has 0 aliphatic carbocycles. The quantitative estimate of drug-likeness (QED) is 0.0946. The number of aromatic nitrogens is 2. The Labute approximate surface area is 298 Å². The summed E-state index contributed by atoms with van der Waals surface area (Å²) in [6, 6.07) is 18.8. The van der Waals surface area contributed by atoms with E-state index in [9.17, 15) is 14.7 Å². The van der Waals surface area contributed by atoms with Crippen LogP contribution in [0.5, 0.6) is 0 Å². The molecule has 4 aromatic rings. The highest BCUT2D eigenvalue weighted by molar-refractivity contribution is 7.09. The fourth-order valence-electron chi connectivity index (χ4n) is 5.38. The minimum absolute atomic E-state index is 0.114. The predicted octanol–water partition coefficient (Wildman–Crippen LogP) is 6.38. The van der Waals surface area contributed by atoms with Crippen LogP contribution >= 0.6 is 22.7 Å². The summed E-state index contributed by atoms with van der Waals surface area (Å²) in [5, 5.41) is 24.6. The molecule has 12 heteroatoms. The molecule has 49 heavy (non-hydrogen) atoms. The molecule has 264 valence electrons. The summed E-state index contributed by atoms with van der Waals surface area (Å²) in [6.07, 6.45) is 1.65. The second kappa shape index (κ2) is 19.4. The number of alkyl carbamates (subject to hydrolysis) is 1. The Kier molecular flexibility index (Phi) is 15.0. The molecule has 0 fully saturated rings. The van der Waals surface area contributed by atoms with E-state index in [1.807, 2.05) is 53.9 Å². The van der Waals surface area contributed by atoms with Crippen molar-refractivity contribution < 1.29 is 19.4 Å². The summed E-state index contributed by atoms with van der Waals surface area (Å²) >= 11 is 3.04. The molecule has 10 nitrogen and oxygen atoms in total. The van der Waals surface area contributed by atoms with Crippen LogP contribution in [0.4, 0.5) is 9.59 Å². The molecule has 2 aromatic carbocycles. The zero-order valence-corrected chi connectivity index (χ0v) is 30.7. The first-order valence-electron chi connectivity index (χ1n) is 16.8. The van der Waals surface area contributed by atoms with E-state index in [1.165, 1.54) is 11.3 Å². The van der Waals surface area contributed by atoms with Crippen molar-refractivity contribution in [3.05, 3.63) is 104 Å². The Hall–Kier alpha value is -3.84. The number of aliphatic hydroxyl groups excluding tert-OH is 1. The van der Waals surface area contributed by atoms with Gasteiger partial charge in [-0.15, -0.1) is 22.7 Å². The molecule has 0 radical (unpaired) electrons. The number of carbonyl (C=O) groups excluding carboxylic acids is 2. The Bertz CT molecular complexity index is 1530. The maximum atomic E-state index is 13.3. The van der Waals surface area contributed by atoms with Crippen molar-refractivity contribution in [2.24, 2.45) is 5.92 Å². The lowest BCUT2D eigenvalue weighted by molar-refractivity contribution is 0.0891. The highest BCUT2D eigenvalue weighted by Gasteiger charge is 2.27. The van der Waals surface area contributed by atoms with Gasteiger partial charge in [0.1, 0.15) is 6.61 Å². The highest BCUT2D eigenvalue weighted by atomic mass is 32.1. The number of benzene rings is 2. The number of hydrogen-bond acceptors (Lipinski definition) is 9. The van der Waals surface area contributed by atoms with Gasteiger partial charge in [0.05, 0.1) is 39.8 Å². The van der Waals surface area contributed by atoms with Crippen molar-refractivity contribution >= 4 is 34.8 Å². The number of nitrogens with zero attached hydrogens (tertiary/aromatic N) is 3. The number of hydrogen-bond donors (Lipinski definition) is 4. The third kappa shape index (κ3) is 12.8. The van der Waals surface area contributed by atoms with Crippen LogP contribution in [0.1, 0.15) is 66.7 Å². The lowest BCUT2D eigenvalue weighted by Crippen LogP contribution is -2.52. The smallest absolute Gasteiger partial charge is 0.407 e. The molecular weight excluding hydrogens is 657 g/mol. The van der Waals surface area contributed by atoms with E-state index in [0.29, 0.717) is 38.3 Å². The van der Waals surface area contributed by atoms with Gasteiger partial charge in [-0.3, -0.25) is 4.98 Å². The highest BCUT2D eigenvalue weighted by Crippen LogP contribution is 2.20. The van der Waals surface area contributed by atoms with Crippen LogP contribution in [-0.4, -0.2) is 69.9 Å². The van der Waals surface area contributed by atoms with Crippen molar-refractivity contribution in [2.75, 3.05) is 13.6 Å². The van der Waals surface area contributed by atoms with E-state index in [0.717, 1.165) is 26.7 Å². The fraction of sp³-hybridized carbons (Fsp3) is 0.459. The molecule has 0 bridgehead atoms. The number of urea groups is 1. The second-order valence-corrected chi connectivity index (χ2v) is 14.9. The van der Waals surface area contributed by atoms with Gasteiger partial charge in [0.2, 0.25) is 0 Å². The molecule has 0 aliphatic heterocycles. The zero-order valence-electron chi connectivity index (χ0n) is 29.0. The zero-order chi connectivity index (χ0) is 35.2. The summed E-state index contributed by atoms with van der Waals surface area (Å²) in [7, 11) is 1.78. The number of ether oxygens (including phenoxy) is 1. The first-order chi connectivity index (χ1) is 23.6. The molecule has 2 aromatic heterocycles. The van der Waals surface area contributed by atoms with Crippen LogP contribution in [0.25, 0.3) is 0 Å². The van der Waals surface area contributed by atoms with E-state index >= 15 is 0 Å². The summed E-state index contributed by atoms with van der Waals surface area (Å²) in [5.74, 6) is 0.504. The Morgan fingerprint density at radius 2 is 1.59 bits per heavy atom. The van der Waals surface area contributed by atoms with Crippen LogP contribution in [-0.2, 0) is 30.7 Å². The van der Waals surface area contributed by atoms with Crippen molar-refractivity contribution in [2.45, 2.75) is 90.3 Å². The number of amides is 3. The van der Waals surface area contributed by atoms with Crippen molar-refractivity contribution in [3.63, 3.8) is 0 Å². The van der Waals surface area contributed by atoms with Crippen LogP contribution in [0, 0.1) is 5.92 Å². The Morgan fingerprint density at radius 1 is 0.918 bits per heavy atom. The van der Waals surface area contributed by atoms with Crippen molar-refractivity contribution in [1.29, 1.82) is 0 Å². The molecule has 0 aliphatic rings. The van der Waals surface area contributed by atoms with Gasteiger partial charge < -0.3 is 30.7 Å². The molecule has 3 unspecified atom stereocenters. The molecule has 4 atom stereocenters. The first kappa shape index (κ1) is 38.0. The predicted molar refractivity (Wildman–Crippen MR) is 197 cm³/mol. The largest absolute Gasteiger partial charge is 0.444 e. The minimum atomic E-state index is -0.885. The maximum Gasteiger partial charge on any atom is 0.407 e. The molecule has 4 N–H and O–H groups in total. The first-order valence-corrected chi connectivity index (χ1v) is 18.6. The van der Waals surface area contributed by atoms with Crippen LogP contribution < -0.4 is 16.0 Å². The number of rotatable bonds is 18. The van der Waals surface area contributed by atoms with Crippen molar-refractivity contribution in [3.8, 4) is 0 Å². The summed E-state index contributed by atoms with van der Waals surface area (Å²) in [6.45, 7) is 9.44. The van der Waals surface area contributed by atoms with E-state index in [4.69, 9.17) is 4.74 Å². The van der Waals surface area contributed by atoms with E-state index in [2.05, 4.69) is 65.7 Å². The van der Waals surface area contributed by atoms with E-state index < -0.39 is 18.2 Å². The molecule has 2 heterocycles. The summed E-state index contributed by atoms with van der Waals surface area (Å²) < 4.78 is 5.46. The summed E-state index contributed by atoms with van der Waals surface area (Å²) in [5.41, 5.74) is 4.69. The topological polar surface area (TPSA) is 129 Å². The third-order valence-electron chi connectivity index (χ3n) is 8.30. The van der Waals surface area contributed by atoms with Gasteiger partial charge in [-0.2, -0.15) is 0 Å². The van der Waals surface area contributed by atoms with Crippen LogP contribution in [0.2, 0.25) is 0 Å². The van der Waals surface area contributed by atoms with Gasteiger partial charge in [-0.05, 0) is 36.3 Å². The van der Waals surface area contributed by atoms with E-state index in [1.54, 1.807) is 35.0 Å². The molecule has 4 rings (SSSR count). The average Bonchev–Trinajstić information content (AvgIpc) is 3.79. The molecule has 0 saturated heterocycles. The van der Waals surface area contributed by atoms with Gasteiger partial charge >= 0.3 is 12.1 Å². The normalized spacial score (nSPS) is 13.9. The Balaban J connectivity index is 1.42. The number of nitrogens with one attached hydrogen (secondary N) is 3. The lowest BCUT2D eigenvalue weighted by Gasteiger charge is -2.31. The van der Waals surface area contributed by atoms with Gasteiger partial charge in [0.15, 0.2) is 0 Å². The minimum Gasteiger partial charge on any atom is -0.444 e. The van der Waals surface area contributed by atoms with Crippen LogP contribution in [0.3, 0.4) is 0 Å². The van der Waals surface area contributed by atoms with Crippen LogP contribution in [0.15, 0.2) is 77.8 Å². The van der Waals surface area contributed by atoms with Gasteiger partial charge in [-0.1, -0.05) is 88.4 Å². The standard InChI is InChI=1S/C37H50N6O4S2/c1-25(2)33(41-36(45)43(5)21-30-23-48-35(40-30)26(3)4)20-39-29(16-27-12-8-6-9-13-27)18-34(44)32(17-28-14-10-7-11-15-28)42-37(46)47-22-31-19-38-24-49-31/h6-15,19,23-26,29,32-34,39,44H,16-18,20-22H2,1-5H3,(H,41,45)(H,42,46)/t29?,32?,33-,34?/m0/s1. The molecule has 3 amide bonds. The summed E-state index contributed by atoms with van der Waals surface area (Å²) in [4.78, 5) is 37.4. The second-order valence-electron chi connectivity index (χ2n) is 13.1. The number of thiazole rings is 2. The van der Waals surface area contributed by atoms with Gasteiger partial charge in [-0.25, -0.2) is 14.6 Å². The maximum absolute atomic E-state index is 13.3. The average molecular weight is 707 g/mol. The van der Waals surface area contributed by atoms with Gasteiger partial charge in [0, 0.05) is 43.2 Å². The number of aliphatic hydroxyl groups is 1. The van der Waals surface area contributed by atoms with Gasteiger partial charge in [0.25, 0.3) is 0 Å². The number of carbonyl (C=O) groups is 2. The molecule has 0 saturated carbocycles. The fourth-order valence-corrected chi connectivity index (χ4v) is 6.71. The third-order valence-corrected chi connectivity index (χ3v) is 10.2.